The Morgan fingerprint density at radius 3 is 2.25 bits per heavy atom. The SMILES string of the molecule is CCCS(=O)(=O)Nc1ccc(NC(=O)C(Cc2ccccc2)NC(=O)c2ccco2)cc1. The Labute approximate surface area is 187 Å². The Hall–Kier alpha value is -3.59. The molecule has 9 heteroatoms. The maximum absolute atomic E-state index is 13.0. The Morgan fingerprint density at radius 1 is 0.938 bits per heavy atom. The van der Waals surface area contributed by atoms with E-state index in [1.807, 2.05) is 30.3 Å². The van der Waals surface area contributed by atoms with Crippen molar-refractivity contribution in [2.24, 2.45) is 0 Å². The van der Waals surface area contributed by atoms with Gasteiger partial charge in [0.1, 0.15) is 6.04 Å². The molecule has 0 radical (unpaired) electrons. The molecule has 3 N–H and O–H groups in total. The fourth-order valence-corrected chi connectivity index (χ4v) is 4.18. The molecule has 1 aromatic heterocycles. The van der Waals surface area contributed by atoms with Gasteiger partial charge in [0.2, 0.25) is 15.9 Å². The third-order valence-electron chi connectivity index (χ3n) is 4.55. The number of nitrogens with one attached hydrogen (secondary N) is 3. The molecule has 8 nitrogen and oxygen atoms in total. The summed E-state index contributed by atoms with van der Waals surface area (Å²) in [5.41, 5.74) is 1.76. The van der Waals surface area contributed by atoms with E-state index in [1.54, 1.807) is 37.3 Å². The number of rotatable bonds is 10. The number of anilines is 2. The van der Waals surface area contributed by atoms with Crippen molar-refractivity contribution in [3.63, 3.8) is 0 Å². The van der Waals surface area contributed by atoms with Gasteiger partial charge in [-0.1, -0.05) is 37.3 Å². The molecule has 3 aromatic rings. The predicted molar refractivity (Wildman–Crippen MR) is 123 cm³/mol. The van der Waals surface area contributed by atoms with Crippen LogP contribution in [0.3, 0.4) is 0 Å². The lowest BCUT2D eigenvalue weighted by molar-refractivity contribution is -0.118. The zero-order valence-electron chi connectivity index (χ0n) is 17.6. The van der Waals surface area contributed by atoms with E-state index in [-0.39, 0.29) is 17.9 Å². The van der Waals surface area contributed by atoms with Crippen LogP contribution in [0.5, 0.6) is 0 Å². The molecule has 0 saturated carbocycles. The summed E-state index contributed by atoms with van der Waals surface area (Å²) in [4.78, 5) is 25.4. The molecule has 0 aliphatic heterocycles. The van der Waals surface area contributed by atoms with Crippen LogP contribution in [-0.2, 0) is 21.2 Å². The van der Waals surface area contributed by atoms with Crippen LogP contribution >= 0.6 is 0 Å². The molecule has 1 atom stereocenters. The second-order valence-electron chi connectivity index (χ2n) is 7.18. The molecule has 2 amide bonds. The molecule has 0 saturated heterocycles. The van der Waals surface area contributed by atoms with Gasteiger partial charge in [-0.15, -0.1) is 0 Å². The quantitative estimate of drug-likeness (QED) is 0.433. The Morgan fingerprint density at radius 2 is 1.62 bits per heavy atom. The molecule has 0 aliphatic carbocycles. The first-order valence-corrected chi connectivity index (χ1v) is 11.8. The first-order valence-electron chi connectivity index (χ1n) is 10.2. The van der Waals surface area contributed by atoms with Crippen LogP contribution in [0.1, 0.15) is 29.5 Å². The second-order valence-corrected chi connectivity index (χ2v) is 9.02. The van der Waals surface area contributed by atoms with E-state index in [4.69, 9.17) is 4.42 Å². The lowest BCUT2D eigenvalue weighted by Gasteiger charge is -2.18. The smallest absolute Gasteiger partial charge is 0.287 e. The molecule has 2 aromatic carbocycles. The van der Waals surface area contributed by atoms with Gasteiger partial charge in [0.05, 0.1) is 12.0 Å². The summed E-state index contributed by atoms with van der Waals surface area (Å²) in [5.74, 6) is -0.762. The maximum atomic E-state index is 13.0. The van der Waals surface area contributed by atoms with Crippen molar-refractivity contribution in [2.45, 2.75) is 25.8 Å². The van der Waals surface area contributed by atoms with Crippen LogP contribution in [0.25, 0.3) is 0 Å². The summed E-state index contributed by atoms with van der Waals surface area (Å²) >= 11 is 0. The molecular weight excluding hydrogens is 430 g/mol. The van der Waals surface area contributed by atoms with Crippen molar-refractivity contribution in [3.05, 3.63) is 84.3 Å². The van der Waals surface area contributed by atoms with E-state index in [2.05, 4.69) is 15.4 Å². The highest BCUT2D eigenvalue weighted by Gasteiger charge is 2.23. The van der Waals surface area contributed by atoms with Gasteiger partial charge in [-0.2, -0.15) is 0 Å². The van der Waals surface area contributed by atoms with E-state index >= 15 is 0 Å². The van der Waals surface area contributed by atoms with E-state index in [0.717, 1.165) is 5.56 Å². The Bertz CT molecular complexity index is 1130. The summed E-state index contributed by atoms with van der Waals surface area (Å²) < 4.78 is 31.4. The summed E-state index contributed by atoms with van der Waals surface area (Å²) in [7, 11) is -3.40. The molecule has 0 aliphatic rings. The van der Waals surface area contributed by atoms with Crippen LogP contribution < -0.4 is 15.4 Å². The molecule has 0 spiro atoms. The van der Waals surface area contributed by atoms with Crippen LogP contribution in [0, 0.1) is 0 Å². The number of carbonyl (C=O) groups excluding carboxylic acids is 2. The largest absolute Gasteiger partial charge is 0.459 e. The lowest BCUT2D eigenvalue weighted by Crippen LogP contribution is -2.45. The van der Waals surface area contributed by atoms with E-state index in [1.165, 1.54) is 12.3 Å². The fraction of sp³-hybridized carbons (Fsp3) is 0.217. The van der Waals surface area contributed by atoms with Crippen molar-refractivity contribution >= 4 is 33.2 Å². The molecular formula is C23H25N3O5S. The third kappa shape index (κ3) is 6.71. The van der Waals surface area contributed by atoms with E-state index in [9.17, 15) is 18.0 Å². The summed E-state index contributed by atoms with van der Waals surface area (Å²) in [5, 5.41) is 5.47. The highest BCUT2D eigenvalue weighted by atomic mass is 32.2. The topological polar surface area (TPSA) is 118 Å². The standard InChI is InChI=1S/C23H25N3O5S/c1-2-15-32(29,30)26-19-12-10-18(11-13-19)24-22(27)20(16-17-7-4-3-5-8-17)25-23(28)21-9-6-14-31-21/h3-14,20,26H,2,15-16H2,1H3,(H,24,27)(H,25,28). The van der Waals surface area contributed by atoms with Gasteiger partial charge in [-0.05, 0) is 48.4 Å². The van der Waals surface area contributed by atoms with Crippen LogP contribution in [0.2, 0.25) is 0 Å². The number of furan rings is 1. The third-order valence-corrected chi connectivity index (χ3v) is 6.04. The Balaban J connectivity index is 1.70. The van der Waals surface area contributed by atoms with Gasteiger partial charge >= 0.3 is 0 Å². The van der Waals surface area contributed by atoms with Gasteiger partial charge < -0.3 is 15.1 Å². The average Bonchev–Trinajstić information content (AvgIpc) is 3.30. The first kappa shape index (κ1) is 23.1. The zero-order valence-corrected chi connectivity index (χ0v) is 18.4. The number of amides is 2. The average molecular weight is 456 g/mol. The van der Waals surface area contributed by atoms with E-state index in [0.29, 0.717) is 17.8 Å². The van der Waals surface area contributed by atoms with Gasteiger partial charge in [0, 0.05) is 17.8 Å². The van der Waals surface area contributed by atoms with E-state index < -0.39 is 27.9 Å². The summed E-state index contributed by atoms with van der Waals surface area (Å²) in [6.07, 6.45) is 2.18. The molecule has 1 heterocycles. The molecule has 32 heavy (non-hydrogen) atoms. The van der Waals surface area contributed by atoms with Crippen molar-refractivity contribution < 1.29 is 22.4 Å². The minimum Gasteiger partial charge on any atom is -0.459 e. The monoisotopic (exact) mass is 455 g/mol. The molecule has 1 unspecified atom stereocenters. The minimum absolute atomic E-state index is 0.0298. The lowest BCUT2D eigenvalue weighted by atomic mass is 10.0. The van der Waals surface area contributed by atoms with Gasteiger partial charge in [0.15, 0.2) is 5.76 Å². The van der Waals surface area contributed by atoms with Crippen molar-refractivity contribution in [3.8, 4) is 0 Å². The maximum Gasteiger partial charge on any atom is 0.287 e. The Kier molecular flexibility index (Phi) is 7.67. The predicted octanol–water partition coefficient (Wildman–Crippen LogP) is 3.41. The fourth-order valence-electron chi connectivity index (χ4n) is 3.05. The number of hydrogen-bond acceptors (Lipinski definition) is 5. The zero-order chi connectivity index (χ0) is 23.0. The van der Waals surface area contributed by atoms with Crippen LogP contribution in [-0.4, -0.2) is 32.0 Å². The highest BCUT2D eigenvalue weighted by Crippen LogP contribution is 2.16. The van der Waals surface area contributed by atoms with Crippen molar-refractivity contribution in [2.75, 3.05) is 15.8 Å². The van der Waals surface area contributed by atoms with Gasteiger partial charge in [0.25, 0.3) is 5.91 Å². The molecule has 168 valence electrons. The van der Waals surface area contributed by atoms with Gasteiger partial charge in [-0.3, -0.25) is 14.3 Å². The van der Waals surface area contributed by atoms with Gasteiger partial charge in [-0.25, -0.2) is 8.42 Å². The number of benzene rings is 2. The van der Waals surface area contributed by atoms with Crippen LogP contribution in [0.4, 0.5) is 11.4 Å². The minimum atomic E-state index is -3.40. The van der Waals surface area contributed by atoms with Crippen molar-refractivity contribution in [1.82, 2.24) is 5.32 Å². The van der Waals surface area contributed by atoms with Crippen LogP contribution in [0.15, 0.2) is 77.4 Å². The second kappa shape index (κ2) is 10.6. The number of sulfonamides is 1. The molecule has 0 fully saturated rings. The molecule has 0 bridgehead atoms. The summed E-state index contributed by atoms with van der Waals surface area (Å²) in [6.45, 7) is 1.79. The number of carbonyl (C=O) groups is 2. The normalized spacial score (nSPS) is 12.0. The first-order chi connectivity index (χ1) is 15.4. The highest BCUT2D eigenvalue weighted by molar-refractivity contribution is 7.92. The van der Waals surface area contributed by atoms with Crippen molar-refractivity contribution in [1.29, 1.82) is 0 Å². The number of hydrogen-bond donors (Lipinski definition) is 3. The summed E-state index contributed by atoms with van der Waals surface area (Å²) in [6, 6.07) is 17.9. The molecule has 3 rings (SSSR count).